The third kappa shape index (κ3) is 5.46. The highest BCUT2D eigenvalue weighted by Gasteiger charge is 2.28. The zero-order valence-corrected chi connectivity index (χ0v) is 21.9. The summed E-state index contributed by atoms with van der Waals surface area (Å²) in [7, 11) is 1.63. The standard InChI is InChI=1S/C26H27N3O4S2/c1-26(2)14-16-9-10-18(32-3)12-19(16)20(28-26)13-21(30)15-7-6-8-17(11-15)27-23(31)22-24(34-4)29-33-25(22)35-5/h6-12H,13-14H2,1-5H3,(H,27,31). The Morgan fingerprint density at radius 3 is 2.66 bits per heavy atom. The number of nitrogens with one attached hydrogen (secondary N) is 1. The third-order valence-electron chi connectivity index (χ3n) is 5.69. The van der Waals surface area contributed by atoms with E-state index < -0.39 is 0 Å². The molecule has 1 aliphatic heterocycles. The SMILES string of the molecule is COc1ccc2c(c1)C(CC(=O)c1cccc(NC(=O)c3c(SC)noc3SC)c1)=NC(C)(C)C2. The van der Waals surface area contributed by atoms with Crippen LogP contribution in [-0.4, -0.2) is 47.7 Å². The van der Waals surface area contributed by atoms with Gasteiger partial charge in [-0.1, -0.05) is 35.1 Å². The number of benzene rings is 2. The maximum atomic E-state index is 13.3. The molecular weight excluding hydrogens is 482 g/mol. The number of aromatic nitrogens is 1. The average molecular weight is 510 g/mol. The van der Waals surface area contributed by atoms with E-state index in [4.69, 9.17) is 14.3 Å². The van der Waals surface area contributed by atoms with Crippen LogP contribution in [-0.2, 0) is 6.42 Å². The molecule has 0 fully saturated rings. The fourth-order valence-electron chi connectivity index (χ4n) is 4.12. The normalized spacial score (nSPS) is 14.1. The molecule has 1 aliphatic rings. The van der Waals surface area contributed by atoms with E-state index in [1.807, 2.05) is 30.7 Å². The maximum Gasteiger partial charge on any atom is 0.263 e. The van der Waals surface area contributed by atoms with E-state index in [1.54, 1.807) is 31.4 Å². The first kappa shape index (κ1) is 25.1. The van der Waals surface area contributed by atoms with Gasteiger partial charge >= 0.3 is 0 Å². The van der Waals surface area contributed by atoms with E-state index in [9.17, 15) is 9.59 Å². The molecule has 182 valence electrons. The van der Waals surface area contributed by atoms with Gasteiger partial charge in [0, 0.05) is 16.8 Å². The molecule has 0 saturated carbocycles. The van der Waals surface area contributed by atoms with Gasteiger partial charge in [-0.25, -0.2) is 0 Å². The number of carbonyl (C=O) groups excluding carboxylic acids is 2. The molecule has 0 aliphatic carbocycles. The zero-order valence-electron chi connectivity index (χ0n) is 20.3. The number of Topliss-reactive ketones (excluding diaryl/α,β-unsaturated/α-hetero) is 1. The summed E-state index contributed by atoms with van der Waals surface area (Å²) in [5, 5.41) is 7.79. The lowest BCUT2D eigenvalue weighted by molar-refractivity contribution is 0.0995. The number of methoxy groups -OCH3 is 1. The van der Waals surface area contributed by atoms with Crippen LogP contribution in [0.15, 0.2) is 62.1 Å². The van der Waals surface area contributed by atoms with Crippen molar-refractivity contribution in [1.29, 1.82) is 0 Å². The summed E-state index contributed by atoms with van der Waals surface area (Å²) < 4.78 is 10.7. The van der Waals surface area contributed by atoms with Gasteiger partial charge in [0.1, 0.15) is 11.3 Å². The molecule has 0 unspecified atom stereocenters. The van der Waals surface area contributed by atoms with Crippen LogP contribution in [0.2, 0.25) is 0 Å². The van der Waals surface area contributed by atoms with Crippen LogP contribution in [0.4, 0.5) is 5.69 Å². The van der Waals surface area contributed by atoms with Gasteiger partial charge in [0.15, 0.2) is 10.8 Å². The summed E-state index contributed by atoms with van der Waals surface area (Å²) in [6.07, 6.45) is 4.61. The maximum absolute atomic E-state index is 13.3. The van der Waals surface area contributed by atoms with Crippen LogP contribution in [0, 0.1) is 0 Å². The molecule has 35 heavy (non-hydrogen) atoms. The van der Waals surface area contributed by atoms with Crippen LogP contribution in [0.25, 0.3) is 0 Å². The largest absolute Gasteiger partial charge is 0.497 e. The summed E-state index contributed by atoms with van der Waals surface area (Å²) in [6.45, 7) is 4.13. The molecule has 1 amide bonds. The number of hydrogen-bond acceptors (Lipinski definition) is 8. The van der Waals surface area contributed by atoms with Gasteiger partial charge < -0.3 is 14.6 Å². The number of carbonyl (C=O) groups is 2. The van der Waals surface area contributed by atoms with Crippen LogP contribution >= 0.6 is 23.5 Å². The number of amides is 1. The van der Waals surface area contributed by atoms with Crippen molar-refractivity contribution in [2.45, 2.75) is 42.3 Å². The van der Waals surface area contributed by atoms with Crippen LogP contribution in [0.3, 0.4) is 0 Å². The monoisotopic (exact) mass is 509 g/mol. The number of thioether (sulfide) groups is 2. The number of rotatable bonds is 8. The molecule has 1 aromatic heterocycles. The van der Waals surface area contributed by atoms with E-state index in [1.165, 1.54) is 23.5 Å². The van der Waals surface area contributed by atoms with E-state index in [0.717, 1.165) is 29.0 Å². The molecule has 9 heteroatoms. The fourth-order valence-corrected chi connectivity index (χ4v) is 5.19. The smallest absolute Gasteiger partial charge is 0.263 e. The quantitative estimate of drug-likeness (QED) is 0.304. The van der Waals surface area contributed by atoms with Crippen molar-refractivity contribution in [1.82, 2.24) is 5.16 Å². The first-order valence-electron chi connectivity index (χ1n) is 11.0. The van der Waals surface area contributed by atoms with E-state index >= 15 is 0 Å². The topological polar surface area (TPSA) is 93.8 Å². The molecule has 0 bridgehead atoms. The Kier molecular flexibility index (Phi) is 7.37. The highest BCUT2D eigenvalue weighted by molar-refractivity contribution is 7.99. The number of aliphatic imine (C=N–C) groups is 1. The molecule has 0 atom stereocenters. The third-order valence-corrected chi connectivity index (χ3v) is 7.01. The molecule has 7 nitrogen and oxygen atoms in total. The van der Waals surface area contributed by atoms with Crippen LogP contribution in [0.5, 0.6) is 5.75 Å². The van der Waals surface area contributed by atoms with Crippen LogP contribution < -0.4 is 10.1 Å². The van der Waals surface area contributed by atoms with Gasteiger partial charge in [0.25, 0.3) is 5.91 Å². The van der Waals surface area contributed by atoms with Gasteiger partial charge in [0.2, 0.25) is 5.09 Å². The second-order valence-corrected chi connectivity index (χ2v) is 10.3. The van der Waals surface area contributed by atoms with Crippen molar-refractivity contribution in [3.05, 3.63) is 64.7 Å². The number of ketones is 1. The van der Waals surface area contributed by atoms with E-state index in [-0.39, 0.29) is 23.7 Å². The molecular formula is C26H27N3O4S2. The molecule has 4 rings (SSSR count). The first-order valence-corrected chi connectivity index (χ1v) is 13.5. The highest BCUT2D eigenvalue weighted by atomic mass is 32.2. The summed E-state index contributed by atoms with van der Waals surface area (Å²) in [6, 6.07) is 12.9. The van der Waals surface area contributed by atoms with Gasteiger partial charge in [-0.3, -0.25) is 14.6 Å². The Labute approximate surface area is 213 Å². The second kappa shape index (κ2) is 10.3. The molecule has 0 radical (unpaired) electrons. The minimum Gasteiger partial charge on any atom is -0.497 e. The van der Waals surface area contributed by atoms with Gasteiger partial charge in [-0.2, -0.15) is 0 Å². The van der Waals surface area contributed by atoms with Crippen molar-refractivity contribution in [3.8, 4) is 5.75 Å². The number of hydrogen-bond donors (Lipinski definition) is 1. The summed E-state index contributed by atoms with van der Waals surface area (Å²) in [5.41, 5.74) is 3.96. The fraction of sp³-hybridized carbons (Fsp3) is 0.308. The lowest BCUT2D eigenvalue weighted by atomic mass is 9.85. The molecule has 0 spiro atoms. The van der Waals surface area contributed by atoms with Gasteiger partial charge in [-0.15, -0.1) is 11.8 Å². The van der Waals surface area contributed by atoms with E-state index in [2.05, 4.69) is 24.3 Å². The lowest BCUT2D eigenvalue weighted by Gasteiger charge is -2.29. The summed E-state index contributed by atoms with van der Waals surface area (Å²) in [4.78, 5) is 31.1. The minimum atomic E-state index is -0.330. The lowest BCUT2D eigenvalue weighted by Crippen LogP contribution is -2.30. The number of nitrogens with zero attached hydrogens (tertiary/aromatic N) is 2. The van der Waals surface area contributed by atoms with E-state index in [0.29, 0.717) is 26.9 Å². The predicted octanol–water partition coefficient (Wildman–Crippen LogP) is 5.78. The Bertz CT molecular complexity index is 1290. The first-order chi connectivity index (χ1) is 16.7. The number of fused-ring (bicyclic) bond motifs is 1. The van der Waals surface area contributed by atoms with Crippen molar-refractivity contribution in [2.24, 2.45) is 4.99 Å². The molecule has 0 saturated heterocycles. The molecule has 2 aromatic carbocycles. The van der Waals surface area contributed by atoms with Gasteiger partial charge in [0.05, 0.1) is 24.8 Å². The molecule has 2 heterocycles. The highest BCUT2D eigenvalue weighted by Crippen LogP contribution is 2.32. The molecule has 3 aromatic rings. The Morgan fingerprint density at radius 1 is 1.14 bits per heavy atom. The van der Waals surface area contributed by atoms with Crippen molar-refractivity contribution in [3.63, 3.8) is 0 Å². The van der Waals surface area contributed by atoms with Gasteiger partial charge in [-0.05, 0) is 62.6 Å². The van der Waals surface area contributed by atoms with Crippen molar-refractivity contribution >= 4 is 46.6 Å². The summed E-state index contributed by atoms with van der Waals surface area (Å²) >= 11 is 2.65. The Hall–Kier alpha value is -3.04. The van der Waals surface area contributed by atoms with Crippen molar-refractivity contribution < 1.29 is 18.8 Å². The Morgan fingerprint density at radius 2 is 1.94 bits per heavy atom. The van der Waals surface area contributed by atoms with Crippen molar-refractivity contribution in [2.75, 3.05) is 24.9 Å². The Balaban J connectivity index is 1.57. The average Bonchev–Trinajstić information content (AvgIpc) is 3.27. The summed E-state index contributed by atoms with van der Waals surface area (Å²) in [5.74, 6) is 0.325. The predicted molar refractivity (Wildman–Crippen MR) is 141 cm³/mol. The van der Waals surface area contributed by atoms with Crippen LogP contribution in [0.1, 0.15) is 52.1 Å². The number of ether oxygens (including phenoxy) is 1. The molecule has 1 N–H and O–H groups in total. The minimum absolute atomic E-state index is 0.0779. The zero-order chi connectivity index (χ0) is 25.2. The second-order valence-electron chi connectivity index (χ2n) is 8.76. The number of anilines is 1.